The van der Waals surface area contributed by atoms with Crippen molar-refractivity contribution in [2.24, 2.45) is 0 Å². The van der Waals surface area contributed by atoms with Crippen LogP contribution in [0.5, 0.6) is 0 Å². The van der Waals surface area contributed by atoms with E-state index < -0.39 is 5.60 Å². The van der Waals surface area contributed by atoms with Gasteiger partial charge in [0, 0.05) is 38.4 Å². The van der Waals surface area contributed by atoms with Crippen LogP contribution in [0, 0.1) is 0 Å². The van der Waals surface area contributed by atoms with Crippen molar-refractivity contribution in [3.8, 4) is 0 Å². The smallest absolute Gasteiger partial charge is 0.410 e. The summed E-state index contributed by atoms with van der Waals surface area (Å²) in [5, 5.41) is 0. The summed E-state index contributed by atoms with van der Waals surface area (Å²) < 4.78 is 6.97. The van der Waals surface area contributed by atoms with E-state index in [0.29, 0.717) is 31.1 Å². The number of nitrogens with zero attached hydrogens (tertiary/aromatic N) is 4. The molecule has 3 heterocycles. The summed E-state index contributed by atoms with van der Waals surface area (Å²) in [4.78, 5) is 32.9. The lowest BCUT2D eigenvalue weighted by atomic mass is 10.2. The Balaban J connectivity index is 1.75. The van der Waals surface area contributed by atoms with Crippen LogP contribution in [-0.2, 0) is 4.74 Å². The summed E-state index contributed by atoms with van der Waals surface area (Å²) >= 11 is 0. The minimum atomic E-state index is -0.502. The van der Waals surface area contributed by atoms with Gasteiger partial charge in [0.15, 0.2) is 0 Å². The summed E-state index contributed by atoms with van der Waals surface area (Å²) in [6, 6.07) is 7.03. The molecule has 0 atom stereocenters. The van der Waals surface area contributed by atoms with Crippen LogP contribution in [0.4, 0.5) is 10.6 Å². The molecule has 7 nitrogen and oxygen atoms in total. The molecule has 0 saturated carbocycles. The van der Waals surface area contributed by atoms with Crippen LogP contribution in [-0.4, -0.2) is 52.2 Å². The molecule has 2 aromatic heterocycles. The first-order valence-electron chi connectivity index (χ1n) is 8.55. The minimum absolute atomic E-state index is 0.103. The number of hydrogen-bond acceptors (Lipinski definition) is 5. The number of hydrogen-bond donors (Lipinski definition) is 0. The number of aromatic nitrogens is 2. The van der Waals surface area contributed by atoms with Gasteiger partial charge in [0.25, 0.3) is 5.56 Å². The van der Waals surface area contributed by atoms with Crippen molar-refractivity contribution in [2.45, 2.75) is 32.8 Å². The second kappa shape index (κ2) is 6.74. The Morgan fingerprint density at radius 3 is 2.72 bits per heavy atom. The van der Waals surface area contributed by atoms with Crippen LogP contribution in [0.1, 0.15) is 27.2 Å². The molecule has 0 radical (unpaired) electrons. The second-order valence-corrected chi connectivity index (χ2v) is 7.19. The highest BCUT2D eigenvalue weighted by molar-refractivity contribution is 5.68. The van der Waals surface area contributed by atoms with Crippen molar-refractivity contribution in [2.75, 3.05) is 31.1 Å². The Kier molecular flexibility index (Phi) is 4.65. The molecule has 1 aliphatic rings. The SMILES string of the molecule is CC(C)(C)OC(=O)N1CCCN(c2cc(=O)n3ccccc3n2)CC1. The summed E-state index contributed by atoms with van der Waals surface area (Å²) in [6.45, 7) is 8.14. The van der Waals surface area contributed by atoms with E-state index in [1.165, 1.54) is 4.40 Å². The first-order chi connectivity index (χ1) is 11.8. The summed E-state index contributed by atoms with van der Waals surface area (Å²) in [6.07, 6.45) is 2.22. The number of pyridine rings is 1. The predicted octanol–water partition coefficient (Wildman–Crippen LogP) is 2.14. The Morgan fingerprint density at radius 2 is 1.96 bits per heavy atom. The number of ether oxygens (including phenoxy) is 1. The van der Waals surface area contributed by atoms with Gasteiger partial charge in [-0.2, -0.15) is 0 Å². The molecule has 0 unspecified atom stereocenters. The van der Waals surface area contributed by atoms with E-state index in [4.69, 9.17) is 4.74 Å². The molecule has 1 aliphatic heterocycles. The van der Waals surface area contributed by atoms with E-state index in [0.717, 1.165) is 13.0 Å². The maximum Gasteiger partial charge on any atom is 0.410 e. The van der Waals surface area contributed by atoms with Crippen molar-refractivity contribution in [1.29, 1.82) is 0 Å². The molecule has 2 aromatic rings. The largest absolute Gasteiger partial charge is 0.444 e. The highest BCUT2D eigenvalue weighted by Gasteiger charge is 2.25. The van der Waals surface area contributed by atoms with E-state index in [2.05, 4.69) is 9.88 Å². The Hall–Kier alpha value is -2.57. The number of amides is 1. The third kappa shape index (κ3) is 4.10. The summed E-state index contributed by atoms with van der Waals surface area (Å²) in [5.74, 6) is 0.655. The molecule has 25 heavy (non-hydrogen) atoms. The van der Waals surface area contributed by atoms with E-state index >= 15 is 0 Å². The van der Waals surface area contributed by atoms with Gasteiger partial charge < -0.3 is 14.5 Å². The predicted molar refractivity (Wildman–Crippen MR) is 96.1 cm³/mol. The van der Waals surface area contributed by atoms with E-state index in [9.17, 15) is 9.59 Å². The van der Waals surface area contributed by atoms with Crippen molar-refractivity contribution in [3.63, 3.8) is 0 Å². The average molecular weight is 344 g/mol. The van der Waals surface area contributed by atoms with Crippen molar-refractivity contribution in [1.82, 2.24) is 14.3 Å². The maximum absolute atomic E-state index is 12.3. The lowest BCUT2D eigenvalue weighted by Crippen LogP contribution is -2.39. The molecule has 0 bridgehead atoms. The lowest BCUT2D eigenvalue weighted by Gasteiger charge is -2.26. The molecule has 7 heteroatoms. The molecule has 0 N–H and O–H groups in total. The topological polar surface area (TPSA) is 67.2 Å². The minimum Gasteiger partial charge on any atom is -0.444 e. The van der Waals surface area contributed by atoms with Gasteiger partial charge in [0.2, 0.25) is 0 Å². The molecule has 1 fully saturated rings. The van der Waals surface area contributed by atoms with Crippen molar-refractivity contribution >= 4 is 17.6 Å². The molecule has 0 spiro atoms. The highest BCUT2D eigenvalue weighted by Crippen LogP contribution is 2.16. The van der Waals surface area contributed by atoms with Gasteiger partial charge in [0.1, 0.15) is 17.1 Å². The number of anilines is 1. The van der Waals surface area contributed by atoms with Crippen LogP contribution >= 0.6 is 0 Å². The number of rotatable bonds is 1. The van der Waals surface area contributed by atoms with Gasteiger partial charge >= 0.3 is 6.09 Å². The van der Waals surface area contributed by atoms with Crippen molar-refractivity contribution in [3.05, 3.63) is 40.8 Å². The van der Waals surface area contributed by atoms with Crippen LogP contribution in [0.3, 0.4) is 0 Å². The number of fused-ring (bicyclic) bond motifs is 1. The Bertz CT molecular complexity index is 825. The van der Waals surface area contributed by atoms with Gasteiger partial charge in [0.05, 0.1) is 0 Å². The first-order valence-corrected chi connectivity index (χ1v) is 8.55. The normalized spacial score (nSPS) is 16.0. The molecule has 134 valence electrons. The molecule has 1 amide bonds. The van der Waals surface area contributed by atoms with Crippen LogP contribution in [0.2, 0.25) is 0 Å². The van der Waals surface area contributed by atoms with Gasteiger partial charge in [-0.1, -0.05) is 6.07 Å². The molecular formula is C18H24N4O3. The standard InChI is InChI=1S/C18H24N4O3/c1-18(2,3)25-17(24)21-9-6-8-20(11-12-21)15-13-16(23)22-10-5-4-7-14(22)19-15/h4-5,7,10,13H,6,8-9,11-12H2,1-3H3. The summed E-state index contributed by atoms with van der Waals surface area (Å²) in [5.41, 5.74) is 0.0181. The van der Waals surface area contributed by atoms with E-state index in [1.54, 1.807) is 23.2 Å². The van der Waals surface area contributed by atoms with Crippen LogP contribution in [0.15, 0.2) is 35.3 Å². The molecular weight excluding hydrogens is 320 g/mol. The zero-order valence-corrected chi connectivity index (χ0v) is 14.9. The number of carbonyl (C=O) groups is 1. The Labute approximate surface area is 146 Å². The third-order valence-electron chi connectivity index (χ3n) is 4.03. The second-order valence-electron chi connectivity index (χ2n) is 7.19. The third-order valence-corrected chi connectivity index (χ3v) is 4.03. The van der Waals surface area contributed by atoms with Gasteiger partial charge in [-0.25, -0.2) is 9.78 Å². The molecule has 1 saturated heterocycles. The zero-order chi connectivity index (χ0) is 18.0. The monoisotopic (exact) mass is 344 g/mol. The van der Waals surface area contributed by atoms with Gasteiger partial charge in [-0.3, -0.25) is 9.20 Å². The fraction of sp³-hybridized carbons (Fsp3) is 0.500. The molecule has 3 rings (SSSR count). The number of carbonyl (C=O) groups excluding carboxylic acids is 1. The van der Waals surface area contributed by atoms with Crippen LogP contribution < -0.4 is 10.5 Å². The quantitative estimate of drug-likeness (QED) is 0.793. The zero-order valence-electron chi connectivity index (χ0n) is 14.9. The fourth-order valence-electron chi connectivity index (χ4n) is 2.86. The van der Waals surface area contributed by atoms with Crippen molar-refractivity contribution < 1.29 is 9.53 Å². The summed E-state index contributed by atoms with van der Waals surface area (Å²) in [7, 11) is 0. The lowest BCUT2D eigenvalue weighted by molar-refractivity contribution is 0.0263. The molecule has 0 aromatic carbocycles. The Morgan fingerprint density at radius 1 is 1.16 bits per heavy atom. The van der Waals surface area contributed by atoms with E-state index in [1.807, 2.05) is 32.9 Å². The highest BCUT2D eigenvalue weighted by atomic mass is 16.6. The van der Waals surface area contributed by atoms with Gasteiger partial charge in [-0.05, 0) is 39.3 Å². The fourth-order valence-corrected chi connectivity index (χ4v) is 2.86. The maximum atomic E-state index is 12.3. The van der Waals surface area contributed by atoms with Gasteiger partial charge in [-0.15, -0.1) is 0 Å². The molecule has 0 aliphatic carbocycles. The van der Waals surface area contributed by atoms with Crippen LogP contribution in [0.25, 0.3) is 5.65 Å². The first kappa shape index (κ1) is 17.3. The van der Waals surface area contributed by atoms with E-state index in [-0.39, 0.29) is 11.7 Å². The average Bonchev–Trinajstić information content (AvgIpc) is 2.79.